The lowest BCUT2D eigenvalue weighted by molar-refractivity contribution is -0.158. The molecule has 39 heavy (non-hydrogen) atoms. The Morgan fingerprint density at radius 3 is 2.64 bits per heavy atom. The summed E-state index contributed by atoms with van der Waals surface area (Å²) >= 11 is 0. The molecular formula is C31H30N4O4. The van der Waals surface area contributed by atoms with Gasteiger partial charge in [0.2, 0.25) is 18.6 Å². The van der Waals surface area contributed by atoms with Gasteiger partial charge in [0.25, 0.3) is 0 Å². The van der Waals surface area contributed by atoms with Crippen molar-refractivity contribution in [3.05, 3.63) is 95.2 Å². The van der Waals surface area contributed by atoms with Gasteiger partial charge in [0.05, 0.1) is 12.6 Å². The van der Waals surface area contributed by atoms with E-state index >= 15 is 0 Å². The number of rotatable bonds is 6. The van der Waals surface area contributed by atoms with E-state index in [2.05, 4.69) is 28.1 Å². The second kappa shape index (κ2) is 9.47. The first-order valence-corrected chi connectivity index (χ1v) is 13.4. The molecular weight excluding hydrogens is 492 g/mol. The van der Waals surface area contributed by atoms with E-state index in [0.29, 0.717) is 31.0 Å². The summed E-state index contributed by atoms with van der Waals surface area (Å²) < 4.78 is 11.2. The maximum atomic E-state index is 14.0. The maximum absolute atomic E-state index is 14.0. The van der Waals surface area contributed by atoms with Crippen LogP contribution in [-0.4, -0.2) is 71.0 Å². The number of hydrogen-bond donors (Lipinski definition) is 1. The molecule has 1 aromatic heterocycles. The Hall–Kier alpha value is -4.30. The van der Waals surface area contributed by atoms with Crippen molar-refractivity contribution in [3.63, 3.8) is 0 Å². The molecule has 8 nitrogen and oxygen atoms in total. The van der Waals surface area contributed by atoms with Gasteiger partial charge in [-0.05, 0) is 41.9 Å². The molecule has 7 rings (SSSR count). The lowest BCUT2D eigenvalue weighted by atomic mass is 9.86. The summed E-state index contributed by atoms with van der Waals surface area (Å²) in [6, 6.07) is 23.2. The molecule has 3 aromatic carbocycles. The first kappa shape index (κ1) is 23.8. The number of para-hydroxylation sites is 1. The van der Waals surface area contributed by atoms with Crippen molar-refractivity contribution >= 4 is 22.7 Å². The summed E-state index contributed by atoms with van der Waals surface area (Å²) in [5.41, 5.74) is 5.18. The molecule has 4 aromatic rings. The van der Waals surface area contributed by atoms with Gasteiger partial charge in [0.1, 0.15) is 6.04 Å². The zero-order valence-corrected chi connectivity index (χ0v) is 21.8. The number of carbonyl (C=O) groups is 2. The van der Waals surface area contributed by atoms with Gasteiger partial charge in [-0.15, -0.1) is 0 Å². The van der Waals surface area contributed by atoms with Crippen LogP contribution in [0.2, 0.25) is 0 Å². The number of nitrogens with one attached hydrogen (secondary N) is 1. The van der Waals surface area contributed by atoms with E-state index in [1.165, 1.54) is 5.56 Å². The van der Waals surface area contributed by atoms with Crippen molar-refractivity contribution in [1.82, 2.24) is 19.7 Å². The molecule has 0 spiro atoms. The molecule has 3 aliphatic heterocycles. The summed E-state index contributed by atoms with van der Waals surface area (Å²) in [7, 11) is 2.05. The molecule has 0 saturated carbocycles. The van der Waals surface area contributed by atoms with Crippen LogP contribution in [0, 0.1) is 0 Å². The number of H-pyrrole nitrogens is 1. The summed E-state index contributed by atoms with van der Waals surface area (Å²) in [6.45, 7) is 2.24. The first-order chi connectivity index (χ1) is 19.1. The molecule has 4 heterocycles. The Labute approximate surface area is 226 Å². The summed E-state index contributed by atoms with van der Waals surface area (Å²) in [6.07, 6.45) is 0.487. The smallest absolute Gasteiger partial charge is 0.246 e. The van der Waals surface area contributed by atoms with Gasteiger partial charge in [-0.1, -0.05) is 54.6 Å². The van der Waals surface area contributed by atoms with E-state index in [-0.39, 0.29) is 25.2 Å². The Morgan fingerprint density at radius 1 is 0.974 bits per heavy atom. The molecule has 198 valence electrons. The molecule has 1 fully saturated rings. The minimum Gasteiger partial charge on any atom is -0.454 e. The fourth-order valence-corrected chi connectivity index (χ4v) is 6.21. The lowest BCUT2D eigenvalue weighted by Crippen LogP contribution is -2.63. The molecule has 0 bridgehead atoms. The topological polar surface area (TPSA) is 78.1 Å². The minimum atomic E-state index is -0.562. The standard InChI is InChI=1S/C31H30N4O4/c1-33(17-20-7-3-2-4-8-20)13-14-34-18-28(36)35-25(31(34)37)16-23-22-9-5-6-10-24(22)32-29(23)30(35)21-11-12-26-27(15-21)39-19-38-26/h2-12,15,25,30,32H,13-14,16-19H2,1H3/t25-,30+/m1/s1. The van der Waals surface area contributed by atoms with Gasteiger partial charge in [0, 0.05) is 42.7 Å². The number of nitrogens with zero attached hydrogens (tertiary/aromatic N) is 3. The first-order valence-electron chi connectivity index (χ1n) is 13.4. The molecule has 0 radical (unpaired) electrons. The number of carbonyl (C=O) groups excluding carboxylic acids is 2. The van der Waals surface area contributed by atoms with Crippen LogP contribution in [0.3, 0.4) is 0 Å². The van der Waals surface area contributed by atoms with E-state index in [1.807, 2.05) is 61.6 Å². The fraction of sp³-hybridized carbons (Fsp3) is 0.290. The zero-order valence-electron chi connectivity index (χ0n) is 21.8. The van der Waals surface area contributed by atoms with E-state index in [0.717, 1.165) is 34.3 Å². The van der Waals surface area contributed by atoms with Crippen molar-refractivity contribution < 1.29 is 19.1 Å². The third kappa shape index (κ3) is 4.12. The van der Waals surface area contributed by atoms with E-state index in [1.54, 1.807) is 9.80 Å². The fourth-order valence-electron chi connectivity index (χ4n) is 6.21. The average Bonchev–Trinajstić information content (AvgIpc) is 3.58. The van der Waals surface area contributed by atoms with Crippen molar-refractivity contribution in [2.75, 3.05) is 33.5 Å². The summed E-state index contributed by atoms with van der Waals surface area (Å²) in [4.78, 5) is 37.1. The van der Waals surface area contributed by atoms with Gasteiger partial charge in [-0.2, -0.15) is 0 Å². The maximum Gasteiger partial charge on any atom is 0.246 e. The van der Waals surface area contributed by atoms with Crippen molar-refractivity contribution in [3.8, 4) is 11.5 Å². The second-order valence-corrected chi connectivity index (χ2v) is 10.6. The molecule has 8 heteroatoms. The molecule has 0 aliphatic carbocycles. The highest BCUT2D eigenvalue weighted by Crippen LogP contribution is 2.44. The molecule has 2 atom stereocenters. The van der Waals surface area contributed by atoms with Crippen LogP contribution in [0.5, 0.6) is 11.5 Å². The number of ether oxygens (including phenoxy) is 2. The van der Waals surface area contributed by atoms with Gasteiger partial charge in [-0.3, -0.25) is 9.59 Å². The molecule has 0 unspecified atom stereocenters. The Balaban J connectivity index is 1.20. The van der Waals surface area contributed by atoms with Gasteiger partial charge in [0.15, 0.2) is 11.5 Å². The molecule has 2 amide bonds. The second-order valence-electron chi connectivity index (χ2n) is 10.6. The number of benzene rings is 3. The average molecular weight is 523 g/mol. The number of fused-ring (bicyclic) bond motifs is 5. The van der Waals surface area contributed by atoms with Gasteiger partial charge >= 0.3 is 0 Å². The van der Waals surface area contributed by atoms with Crippen LogP contribution < -0.4 is 9.47 Å². The van der Waals surface area contributed by atoms with E-state index < -0.39 is 12.1 Å². The van der Waals surface area contributed by atoms with Gasteiger partial charge < -0.3 is 29.2 Å². The van der Waals surface area contributed by atoms with Crippen LogP contribution in [-0.2, 0) is 22.6 Å². The normalized spacial score (nSPS) is 20.1. The monoisotopic (exact) mass is 522 g/mol. The van der Waals surface area contributed by atoms with E-state index in [4.69, 9.17) is 9.47 Å². The lowest BCUT2D eigenvalue weighted by Gasteiger charge is -2.47. The van der Waals surface area contributed by atoms with Crippen molar-refractivity contribution in [2.24, 2.45) is 0 Å². The molecule has 3 aliphatic rings. The summed E-state index contributed by atoms with van der Waals surface area (Å²) in [5.74, 6) is 1.31. The van der Waals surface area contributed by atoms with Crippen LogP contribution in [0.1, 0.15) is 28.4 Å². The number of likely N-dealkylation sites (N-methyl/N-ethyl adjacent to an activating group) is 1. The van der Waals surface area contributed by atoms with Crippen LogP contribution in [0.25, 0.3) is 10.9 Å². The molecule has 1 N–H and O–H groups in total. The van der Waals surface area contributed by atoms with Crippen molar-refractivity contribution in [1.29, 1.82) is 0 Å². The SMILES string of the molecule is CN(CCN1CC(=O)N2[C@@H](c3ccc4c(c3)OCO4)c3[nH]c4ccccc4c3C[C@@H]2C1=O)Cc1ccccc1. The number of piperazine rings is 1. The minimum absolute atomic E-state index is 0.00406. The Morgan fingerprint density at radius 2 is 1.77 bits per heavy atom. The third-order valence-corrected chi connectivity index (χ3v) is 8.10. The predicted molar refractivity (Wildman–Crippen MR) is 146 cm³/mol. The van der Waals surface area contributed by atoms with Crippen LogP contribution >= 0.6 is 0 Å². The Kier molecular flexibility index (Phi) is 5.77. The number of aromatic amines is 1. The van der Waals surface area contributed by atoms with Gasteiger partial charge in [-0.25, -0.2) is 0 Å². The predicted octanol–water partition coefficient (Wildman–Crippen LogP) is 3.71. The van der Waals surface area contributed by atoms with Crippen molar-refractivity contribution in [2.45, 2.75) is 25.0 Å². The van der Waals surface area contributed by atoms with Crippen LogP contribution in [0.15, 0.2) is 72.8 Å². The Bertz CT molecular complexity index is 1570. The largest absolute Gasteiger partial charge is 0.454 e. The summed E-state index contributed by atoms with van der Waals surface area (Å²) in [5, 5.41) is 1.10. The molecule has 1 saturated heterocycles. The zero-order chi connectivity index (χ0) is 26.5. The number of hydrogen-bond acceptors (Lipinski definition) is 5. The van der Waals surface area contributed by atoms with E-state index in [9.17, 15) is 9.59 Å². The number of amides is 2. The van der Waals surface area contributed by atoms with Crippen LogP contribution in [0.4, 0.5) is 0 Å². The highest BCUT2D eigenvalue weighted by Gasteiger charge is 2.48. The quantitative estimate of drug-likeness (QED) is 0.418. The highest BCUT2D eigenvalue weighted by atomic mass is 16.7. The third-order valence-electron chi connectivity index (χ3n) is 8.10. The highest BCUT2D eigenvalue weighted by molar-refractivity contribution is 5.97. The number of aromatic nitrogens is 1.